The van der Waals surface area contributed by atoms with Gasteiger partial charge in [-0.05, 0) is 35.7 Å². The molecule has 6 heteroatoms. The van der Waals surface area contributed by atoms with Crippen LogP contribution in [0.1, 0.15) is 0 Å². The standard InChI is InChI=1S/C21H16ClN3O2/c1-27-20(26)13-25-11-9-15-2-3-16(12-19(15)25)21-23-10-8-18(24-21)14-4-6-17(22)7-5-14/h2-12H,13H2,1H3. The highest BCUT2D eigenvalue weighted by atomic mass is 35.5. The summed E-state index contributed by atoms with van der Waals surface area (Å²) in [6.07, 6.45) is 3.61. The van der Waals surface area contributed by atoms with Gasteiger partial charge in [-0.1, -0.05) is 35.9 Å². The zero-order chi connectivity index (χ0) is 18.8. The summed E-state index contributed by atoms with van der Waals surface area (Å²) in [5, 5.41) is 1.72. The van der Waals surface area contributed by atoms with E-state index in [-0.39, 0.29) is 12.5 Å². The molecule has 0 atom stereocenters. The van der Waals surface area contributed by atoms with Gasteiger partial charge in [0.1, 0.15) is 6.54 Å². The second kappa shape index (κ2) is 7.21. The van der Waals surface area contributed by atoms with Crippen LogP contribution in [0.25, 0.3) is 33.5 Å². The van der Waals surface area contributed by atoms with Crippen LogP contribution < -0.4 is 0 Å². The number of rotatable bonds is 4. The number of carbonyl (C=O) groups excluding carboxylic acids is 1. The number of benzene rings is 2. The smallest absolute Gasteiger partial charge is 0.325 e. The third-order valence-corrected chi connectivity index (χ3v) is 4.61. The van der Waals surface area contributed by atoms with Gasteiger partial charge in [0.15, 0.2) is 5.82 Å². The molecule has 4 rings (SSSR count). The quantitative estimate of drug-likeness (QED) is 0.488. The molecule has 134 valence electrons. The van der Waals surface area contributed by atoms with Crippen molar-refractivity contribution in [1.82, 2.24) is 14.5 Å². The van der Waals surface area contributed by atoms with Gasteiger partial charge in [-0.25, -0.2) is 9.97 Å². The summed E-state index contributed by atoms with van der Waals surface area (Å²) in [5.74, 6) is 0.328. The Morgan fingerprint density at radius 1 is 1.07 bits per heavy atom. The van der Waals surface area contributed by atoms with Gasteiger partial charge in [-0.2, -0.15) is 0 Å². The highest BCUT2D eigenvalue weighted by Crippen LogP contribution is 2.25. The monoisotopic (exact) mass is 377 g/mol. The summed E-state index contributed by atoms with van der Waals surface area (Å²) >= 11 is 5.96. The summed E-state index contributed by atoms with van der Waals surface area (Å²) in [6.45, 7) is 0.162. The Bertz CT molecular complexity index is 1120. The molecule has 0 saturated carbocycles. The molecule has 0 spiro atoms. The van der Waals surface area contributed by atoms with Crippen molar-refractivity contribution in [2.75, 3.05) is 7.11 Å². The molecule has 0 amide bonds. The van der Waals surface area contributed by atoms with Gasteiger partial charge in [0, 0.05) is 34.1 Å². The molecule has 2 aromatic carbocycles. The minimum Gasteiger partial charge on any atom is -0.468 e. The summed E-state index contributed by atoms with van der Waals surface area (Å²) in [5.41, 5.74) is 3.60. The number of halogens is 1. The van der Waals surface area contributed by atoms with Gasteiger partial charge >= 0.3 is 5.97 Å². The molecule has 5 nitrogen and oxygen atoms in total. The number of nitrogens with zero attached hydrogens (tertiary/aromatic N) is 3. The number of fused-ring (bicyclic) bond motifs is 1. The highest BCUT2D eigenvalue weighted by Gasteiger charge is 2.10. The molecule has 27 heavy (non-hydrogen) atoms. The van der Waals surface area contributed by atoms with Crippen LogP contribution in [0.5, 0.6) is 0 Å². The van der Waals surface area contributed by atoms with Gasteiger partial charge in [0.25, 0.3) is 0 Å². The van der Waals surface area contributed by atoms with Crippen LogP contribution in [0.4, 0.5) is 0 Å². The first kappa shape index (κ1) is 17.2. The molecule has 0 unspecified atom stereocenters. The normalized spacial score (nSPS) is 10.9. The third-order valence-electron chi connectivity index (χ3n) is 4.35. The molecule has 0 bridgehead atoms. The lowest BCUT2D eigenvalue weighted by atomic mass is 10.1. The van der Waals surface area contributed by atoms with E-state index in [0.717, 1.165) is 27.7 Å². The molecule has 0 aliphatic rings. The fraction of sp³-hybridized carbons (Fsp3) is 0.0952. The molecule has 0 saturated heterocycles. The van der Waals surface area contributed by atoms with E-state index in [0.29, 0.717) is 10.8 Å². The van der Waals surface area contributed by atoms with Crippen LogP contribution >= 0.6 is 11.6 Å². The van der Waals surface area contributed by atoms with Crippen LogP contribution in [0, 0.1) is 0 Å². The Morgan fingerprint density at radius 3 is 2.63 bits per heavy atom. The Labute approximate surface area is 161 Å². The van der Waals surface area contributed by atoms with E-state index in [4.69, 9.17) is 16.3 Å². The van der Waals surface area contributed by atoms with Crippen molar-refractivity contribution in [3.05, 3.63) is 72.0 Å². The zero-order valence-electron chi connectivity index (χ0n) is 14.6. The number of hydrogen-bond donors (Lipinski definition) is 0. The molecule has 0 N–H and O–H groups in total. The largest absolute Gasteiger partial charge is 0.468 e. The third kappa shape index (κ3) is 3.55. The van der Waals surface area contributed by atoms with Crippen molar-refractivity contribution in [3.63, 3.8) is 0 Å². The Balaban J connectivity index is 1.73. The Kier molecular flexibility index (Phi) is 4.60. The van der Waals surface area contributed by atoms with E-state index in [1.54, 1.807) is 6.20 Å². The van der Waals surface area contributed by atoms with Crippen molar-refractivity contribution in [1.29, 1.82) is 0 Å². The average Bonchev–Trinajstić information content (AvgIpc) is 3.10. The van der Waals surface area contributed by atoms with Gasteiger partial charge < -0.3 is 9.30 Å². The van der Waals surface area contributed by atoms with Gasteiger partial charge in [0.05, 0.1) is 12.8 Å². The number of hydrogen-bond acceptors (Lipinski definition) is 4. The van der Waals surface area contributed by atoms with E-state index in [9.17, 15) is 4.79 Å². The molecule has 0 fully saturated rings. The molecule has 2 aromatic heterocycles. The summed E-state index contributed by atoms with van der Waals surface area (Å²) in [4.78, 5) is 20.7. The molecular weight excluding hydrogens is 362 g/mol. The average molecular weight is 378 g/mol. The van der Waals surface area contributed by atoms with Crippen molar-refractivity contribution in [2.24, 2.45) is 0 Å². The van der Waals surface area contributed by atoms with Crippen molar-refractivity contribution in [2.45, 2.75) is 6.54 Å². The predicted octanol–water partition coefficient (Wildman–Crippen LogP) is 4.59. The number of ether oxygens (including phenoxy) is 1. The maximum absolute atomic E-state index is 11.6. The maximum Gasteiger partial charge on any atom is 0.325 e. The second-order valence-electron chi connectivity index (χ2n) is 6.07. The van der Waals surface area contributed by atoms with E-state index < -0.39 is 0 Å². The Hall–Kier alpha value is -3.18. The lowest BCUT2D eigenvalue weighted by Crippen LogP contribution is -2.10. The van der Waals surface area contributed by atoms with Crippen molar-refractivity contribution >= 4 is 28.5 Å². The topological polar surface area (TPSA) is 57.0 Å². The lowest BCUT2D eigenvalue weighted by Gasteiger charge is -2.07. The van der Waals surface area contributed by atoms with Crippen LogP contribution in [-0.2, 0) is 16.1 Å². The first-order valence-electron chi connectivity index (χ1n) is 8.39. The Morgan fingerprint density at radius 2 is 1.85 bits per heavy atom. The van der Waals surface area contributed by atoms with Crippen LogP contribution in [-0.4, -0.2) is 27.6 Å². The molecule has 0 aliphatic heterocycles. The number of methoxy groups -OCH3 is 1. The van der Waals surface area contributed by atoms with Crippen molar-refractivity contribution in [3.8, 4) is 22.6 Å². The van der Waals surface area contributed by atoms with E-state index in [2.05, 4.69) is 9.97 Å². The summed E-state index contributed by atoms with van der Waals surface area (Å²) in [6, 6.07) is 17.3. The molecule has 0 radical (unpaired) electrons. The van der Waals surface area contributed by atoms with Crippen LogP contribution in [0.15, 0.2) is 67.0 Å². The molecule has 2 heterocycles. The fourth-order valence-electron chi connectivity index (χ4n) is 2.94. The maximum atomic E-state index is 11.6. The van der Waals surface area contributed by atoms with Gasteiger partial charge in [-0.15, -0.1) is 0 Å². The minimum atomic E-state index is -0.293. The predicted molar refractivity (Wildman–Crippen MR) is 105 cm³/mol. The SMILES string of the molecule is COC(=O)Cn1ccc2ccc(-c3nccc(-c4ccc(Cl)cc4)n3)cc21. The highest BCUT2D eigenvalue weighted by molar-refractivity contribution is 6.30. The fourth-order valence-corrected chi connectivity index (χ4v) is 3.07. The van der Waals surface area contributed by atoms with Crippen LogP contribution in [0.3, 0.4) is 0 Å². The number of aromatic nitrogens is 3. The lowest BCUT2D eigenvalue weighted by molar-refractivity contribution is -0.141. The van der Waals surface area contributed by atoms with Crippen molar-refractivity contribution < 1.29 is 9.53 Å². The van der Waals surface area contributed by atoms with E-state index in [1.807, 2.05) is 65.4 Å². The molecule has 0 aliphatic carbocycles. The number of carbonyl (C=O) groups is 1. The van der Waals surface area contributed by atoms with E-state index in [1.165, 1.54) is 7.11 Å². The second-order valence-corrected chi connectivity index (χ2v) is 6.50. The van der Waals surface area contributed by atoms with Crippen LogP contribution in [0.2, 0.25) is 5.02 Å². The molecule has 4 aromatic rings. The summed E-state index contributed by atoms with van der Waals surface area (Å²) in [7, 11) is 1.38. The summed E-state index contributed by atoms with van der Waals surface area (Å²) < 4.78 is 6.62. The first-order chi connectivity index (χ1) is 13.1. The zero-order valence-corrected chi connectivity index (χ0v) is 15.3. The number of esters is 1. The van der Waals surface area contributed by atoms with Gasteiger partial charge in [0.2, 0.25) is 0 Å². The minimum absolute atomic E-state index is 0.162. The first-order valence-corrected chi connectivity index (χ1v) is 8.77. The molecular formula is C21H16ClN3O2. The van der Waals surface area contributed by atoms with Gasteiger partial charge in [-0.3, -0.25) is 4.79 Å². The van der Waals surface area contributed by atoms with E-state index >= 15 is 0 Å².